The molecule has 1 heterocycles. The molecule has 3 aromatic rings. The molecule has 0 aliphatic carbocycles. The van der Waals surface area contributed by atoms with Crippen LogP contribution in [-0.4, -0.2) is 42.5 Å². The molecule has 2 aromatic carbocycles. The van der Waals surface area contributed by atoms with E-state index < -0.39 is 5.97 Å². The summed E-state index contributed by atoms with van der Waals surface area (Å²) >= 11 is 0. The lowest BCUT2D eigenvalue weighted by atomic mass is 10.2. The number of hydrogen-bond donors (Lipinski definition) is 1. The number of nitrogens with zero attached hydrogens (tertiary/aromatic N) is 1. The van der Waals surface area contributed by atoms with E-state index in [0.29, 0.717) is 12.2 Å². The molecule has 26 heavy (non-hydrogen) atoms. The first kappa shape index (κ1) is 17.5. The second kappa shape index (κ2) is 7.74. The van der Waals surface area contributed by atoms with E-state index in [4.69, 9.17) is 9.47 Å². The van der Waals surface area contributed by atoms with Gasteiger partial charge in [0.25, 0.3) is 5.91 Å². The molecule has 0 saturated heterocycles. The third kappa shape index (κ3) is 4.03. The van der Waals surface area contributed by atoms with Crippen LogP contribution in [0.25, 0.3) is 10.9 Å². The number of aromatic amines is 1. The number of H-pyrrole nitrogens is 1. The molecule has 0 unspecified atom stereocenters. The Morgan fingerprint density at radius 2 is 1.88 bits per heavy atom. The summed E-state index contributed by atoms with van der Waals surface area (Å²) in [5, 5.41) is 0.918. The Morgan fingerprint density at radius 1 is 1.08 bits per heavy atom. The summed E-state index contributed by atoms with van der Waals surface area (Å²) in [6.07, 6.45) is 0. The van der Waals surface area contributed by atoms with Crippen LogP contribution in [0.2, 0.25) is 0 Å². The molecule has 1 aromatic heterocycles. The third-order valence-electron chi connectivity index (χ3n) is 4.06. The summed E-state index contributed by atoms with van der Waals surface area (Å²) in [6.45, 7) is 0.0919. The molecule has 0 atom stereocenters. The zero-order chi connectivity index (χ0) is 18.5. The number of likely N-dealkylation sites (N-methyl/N-ethyl adjacent to an activating group) is 1. The van der Waals surface area contributed by atoms with Crippen molar-refractivity contribution >= 4 is 22.8 Å². The molecule has 0 aliphatic heterocycles. The van der Waals surface area contributed by atoms with Crippen LogP contribution in [0.1, 0.15) is 16.1 Å². The van der Waals surface area contributed by atoms with Crippen molar-refractivity contribution in [1.82, 2.24) is 9.88 Å². The Kier molecular flexibility index (Phi) is 5.22. The number of hydrogen-bond acceptors (Lipinski definition) is 4. The number of amides is 1. The van der Waals surface area contributed by atoms with Crippen LogP contribution < -0.4 is 4.74 Å². The van der Waals surface area contributed by atoms with Crippen LogP contribution in [-0.2, 0) is 16.1 Å². The summed E-state index contributed by atoms with van der Waals surface area (Å²) in [5.74, 6) is -0.102. The molecule has 0 bridgehead atoms. The maximum absolute atomic E-state index is 12.2. The van der Waals surface area contributed by atoms with E-state index in [1.54, 1.807) is 20.2 Å². The van der Waals surface area contributed by atoms with Crippen LogP contribution in [0.5, 0.6) is 5.75 Å². The molecular weight excluding hydrogens is 332 g/mol. The summed E-state index contributed by atoms with van der Waals surface area (Å²) < 4.78 is 10.3. The molecule has 0 saturated carbocycles. The Balaban J connectivity index is 1.56. The van der Waals surface area contributed by atoms with Crippen LogP contribution in [0, 0.1) is 0 Å². The number of carbonyl (C=O) groups excluding carboxylic acids is 2. The number of ether oxygens (including phenoxy) is 2. The molecular formula is C20H20N2O4. The van der Waals surface area contributed by atoms with E-state index in [1.807, 2.05) is 48.5 Å². The van der Waals surface area contributed by atoms with Gasteiger partial charge in [0.2, 0.25) is 0 Å². The van der Waals surface area contributed by atoms with E-state index in [9.17, 15) is 9.59 Å². The van der Waals surface area contributed by atoms with Gasteiger partial charge in [0.15, 0.2) is 6.61 Å². The zero-order valence-electron chi connectivity index (χ0n) is 14.7. The SMILES string of the molecule is COc1cccc(CN(C)C(=O)COC(=O)c2cc3ccccc3[nH]2)c1. The third-order valence-corrected chi connectivity index (χ3v) is 4.06. The summed E-state index contributed by atoms with van der Waals surface area (Å²) in [6, 6.07) is 16.7. The summed E-state index contributed by atoms with van der Waals surface area (Å²) in [4.78, 5) is 28.9. The molecule has 1 amide bonds. The summed E-state index contributed by atoms with van der Waals surface area (Å²) in [5.41, 5.74) is 2.11. The number of fused-ring (bicyclic) bond motifs is 1. The molecule has 0 aliphatic rings. The van der Waals surface area contributed by atoms with Gasteiger partial charge in [-0.1, -0.05) is 30.3 Å². The number of aromatic nitrogens is 1. The highest BCUT2D eigenvalue weighted by Crippen LogP contribution is 2.16. The van der Waals surface area contributed by atoms with Crippen molar-refractivity contribution in [2.45, 2.75) is 6.54 Å². The minimum Gasteiger partial charge on any atom is -0.497 e. The van der Waals surface area contributed by atoms with Gasteiger partial charge in [0, 0.05) is 24.5 Å². The van der Waals surface area contributed by atoms with Gasteiger partial charge >= 0.3 is 5.97 Å². The molecule has 134 valence electrons. The smallest absolute Gasteiger partial charge is 0.355 e. The predicted molar refractivity (Wildman–Crippen MR) is 98.0 cm³/mol. The quantitative estimate of drug-likeness (QED) is 0.692. The average molecular weight is 352 g/mol. The average Bonchev–Trinajstić information content (AvgIpc) is 3.10. The van der Waals surface area contributed by atoms with Gasteiger partial charge in [-0.25, -0.2) is 4.79 Å². The van der Waals surface area contributed by atoms with Crippen LogP contribution >= 0.6 is 0 Å². The molecule has 3 rings (SSSR count). The van der Waals surface area contributed by atoms with Gasteiger partial charge in [-0.2, -0.15) is 0 Å². The normalized spacial score (nSPS) is 10.5. The number of nitrogens with one attached hydrogen (secondary N) is 1. The second-order valence-electron chi connectivity index (χ2n) is 5.95. The largest absolute Gasteiger partial charge is 0.497 e. The minimum absolute atomic E-state index is 0.280. The van der Waals surface area contributed by atoms with E-state index in [1.165, 1.54) is 4.90 Å². The van der Waals surface area contributed by atoms with Crippen LogP contribution in [0.3, 0.4) is 0 Å². The molecule has 0 fully saturated rings. The monoisotopic (exact) mass is 352 g/mol. The lowest BCUT2D eigenvalue weighted by Gasteiger charge is -2.17. The fraction of sp³-hybridized carbons (Fsp3) is 0.200. The lowest BCUT2D eigenvalue weighted by Crippen LogP contribution is -2.30. The molecule has 6 nitrogen and oxygen atoms in total. The van der Waals surface area contributed by atoms with Gasteiger partial charge in [0.05, 0.1) is 7.11 Å². The fourth-order valence-corrected chi connectivity index (χ4v) is 2.63. The van der Waals surface area contributed by atoms with Crippen molar-refractivity contribution in [3.8, 4) is 5.75 Å². The zero-order valence-corrected chi connectivity index (χ0v) is 14.7. The van der Waals surface area contributed by atoms with Crippen molar-refractivity contribution in [3.63, 3.8) is 0 Å². The highest BCUT2D eigenvalue weighted by atomic mass is 16.5. The maximum atomic E-state index is 12.2. The first-order valence-electron chi connectivity index (χ1n) is 8.18. The molecule has 0 spiro atoms. The number of methoxy groups -OCH3 is 1. The maximum Gasteiger partial charge on any atom is 0.355 e. The summed E-state index contributed by atoms with van der Waals surface area (Å²) in [7, 11) is 3.26. The van der Waals surface area contributed by atoms with E-state index >= 15 is 0 Å². The number of benzene rings is 2. The van der Waals surface area contributed by atoms with Crippen molar-refractivity contribution in [3.05, 3.63) is 65.9 Å². The Bertz CT molecular complexity index is 899. The molecule has 6 heteroatoms. The van der Waals surface area contributed by atoms with Crippen molar-refractivity contribution < 1.29 is 19.1 Å². The Labute approximate surface area is 151 Å². The lowest BCUT2D eigenvalue weighted by molar-refractivity contribution is -0.133. The number of para-hydroxylation sites is 1. The standard InChI is InChI=1S/C20H20N2O4/c1-22(12-14-6-5-8-16(10-14)25-2)19(23)13-26-20(24)18-11-15-7-3-4-9-17(15)21-18/h3-11,21H,12-13H2,1-2H3. The van der Waals surface area contributed by atoms with E-state index in [0.717, 1.165) is 22.2 Å². The van der Waals surface area contributed by atoms with Gasteiger partial charge in [-0.3, -0.25) is 4.79 Å². The van der Waals surface area contributed by atoms with Crippen molar-refractivity contribution in [2.75, 3.05) is 20.8 Å². The molecule has 0 radical (unpaired) electrons. The van der Waals surface area contributed by atoms with E-state index in [-0.39, 0.29) is 12.5 Å². The van der Waals surface area contributed by atoms with Gasteiger partial charge in [-0.05, 0) is 29.8 Å². The molecule has 1 N–H and O–H groups in total. The van der Waals surface area contributed by atoms with Gasteiger partial charge < -0.3 is 19.4 Å². The fourth-order valence-electron chi connectivity index (χ4n) is 2.63. The number of esters is 1. The topological polar surface area (TPSA) is 71.6 Å². The number of rotatable bonds is 6. The highest BCUT2D eigenvalue weighted by molar-refractivity contribution is 5.95. The Morgan fingerprint density at radius 3 is 2.65 bits per heavy atom. The van der Waals surface area contributed by atoms with Crippen LogP contribution in [0.4, 0.5) is 0 Å². The second-order valence-corrected chi connectivity index (χ2v) is 5.95. The first-order chi connectivity index (χ1) is 12.6. The minimum atomic E-state index is -0.552. The number of carbonyl (C=O) groups is 2. The van der Waals surface area contributed by atoms with Gasteiger partial charge in [-0.15, -0.1) is 0 Å². The van der Waals surface area contributed by atoms with Crippen molar-refractivity contribution in [1.29, 1.82) is 0 Å². The predicted octanol–water partition coefficient (Wildman–Crippen LogP) is 2.99. The highest BCUT2D eigenvalue weighted by Gasteiger charge is 2.15. The van der Waals surface area contributed by atoms with Gasteiger partial charge in [0.1, 0.15) is 11.4 Å². The van der Waals surface area contributed by atoms with E-state index in [2.05, 4.69) is 4.98 Å². The Hall–Kier alpha value is -3.28. The van der Waals surface area contributed by atoms with Crippen molar-refractivity contribution in [2.24, 2.45) is 0 Å². The first-order valence-corrected chi connectivity index (χ1v) is 8.18. The van der Waals surface area contributed by atoms with Crippen LogP contribution in [0.15, 0.2) is 54.6 Å².